The molecular formula is C18H18N6O4. The largest absolute Gasteiger partial charge is 0.310 e. The monoisotopic (exact) mass is 382 g/mol. The van der Waals surface area contributed by atoms with E-state index in [1.54, 1.807) is 13.0 Å². The number of carbonyl (C=O) groups excluding carboxylic acids is 1. The Balaban J connectivity index is 1.81. The summed E-state index contributed by atoms with van der Waals surface area (Å²) in [5.41, 5.74) is 1.53. The second kappa shape index (κ2) is 7.82. The Kier molecular flexibility index (Phi) is 5.30. The Hall–Kier alpha value is -3.82. The lowest BCUT2D eigenvalue weighted by Crippen LogP contribution is -2.20. The number of nitrogens with zero attached hydrogens (tertiary/aromatic N) is 4. The normalized spacial score (nSPS) is 10.6. The number of hydrogen-bond donors (Lipinski definition) is 2. The quantitative estimate of drug-likeness (QED) is 0.494. The number of carbonyl (C=O) groups is 1. The molecule has 0 aliphatic carbocycles. The molecule has 0 aliphatic rings. The fraction of sp³-hybridized carbons (Fsp3) is 0.222. The molecule has 1 amide bonds. The van der Waals surface area contributed by atoms with Gasteiger partial charge in [0.05, 0.1) is 17.0 Å². The van der Waals surface area contributed by atoms with Gasteiger partial charge in [0.25, 0.3) is 11.2 Å². The number of nitro groups is 1. The molecule has 2 heterocycles. The summed E-state index contributed by atoms with van der Waals surface area (Å²) in [7, 11) is 0. The maximum absolute atomic E-state index is 12.4. The molecule has 10 nitrogen and oxygen atoms in total. The van der Waals surface area contributed by atoms with E-state index in [0.717, 1.165) is 0 Å². The highest BCUT2D eigenvalue weighted by molar-refractivity contribution is 5.91. The number of H-pyrrole nitrogens is 1. The van der Waals surface area contributed by atoms with E-state index in [9.17, 15) is 19.7 Å². The zero-order chi connectivity index (χ0) is 20.3. The molecule has 0 atom stereocenters. The molecule has 3 aromatic rings. The number of benzene rings is 1. The van der Waals surface area contributed by atoms with E-state index in [1.807, 2.05) is 6.92 Å². The standard InChI is InChI=1S/C18H18N6O4/c1-3-13-10-17(26)21-18(19-13)23-15(8-11(2)22-23)20-16(25)9-12-4-6-14(7-5-12)24(27)28/h4-8,10H,3,9H2,1-2H3,(H,20,25)(H,19,21,26). The minimum absolute atomic E-state index is 0.0289. The van der Waals surface area contributed by atoms with Crippen LogP contribution in [-0.4, -0.2) is 30.6 Å². The van der Waals surface area contributed by atoms with E-state index in [1.165, 1.54) is 35.0 Å². The Labute approximate surface area is 159 Å². The summed E-state index contributed by atoms with van der Waals surface area (Å²) >= 11 is 0. The maximum Gasteiger partial charge on any atom is 0.269 e. The number of hydrogen-bond acceptors (Lipinski definition) is 6. The van der Waals surface area contributed by atoms with Gasteiger partial charge in [-0.05, 0) is 18.9 Å². The fourth-order valence-electron chi connectivity index (χ4n) is 2.63. The number of amides is 1. The zero-order valence-corrected chi connectivity index (χ0v) is 15.3. The first-order valence-corrected chi connectivity index (χ1v) is 8.56. The van der Waals surface area contributed by atoms with Gasteiger partial charge in [-0.25, -0.2) is 4.98 Å². The van der Waals surface area contributed by atoms with Gasteiger partial charge in [-0.15, -0.1) is 0 Å². The van der Waals surface area contributed by atoms with Crippen molar-refractivity contribution >= 4 is 17.4 Å². The van der Waals surface area contributed by atoms with Crippen LogP contribution < -0.4 is 10.9 Å². The summed E-state index contributed by atoms with van der Waals surface area (Å²) in [5.74, 6) is 0.243. The van der Waals surface area contributed by atoms with Crippen molar-refractivity contribution in [2.75, 3.05) is 5.32 Å². The lowest BCUT2D eigenvalue weighted by molar-refractivity contribution is -0.384. The van der Waals surface area contributed by atoms with Crippen LogP contribution in [0.2, 0.25) is 0 Å². The number of aryl methyl sites for hydroxylation is 2. The van der Waals surface area contributed by atoms with E-state index >= 15 is 0 Å². The molecule has 10 heteroatoms. The van der Waals surface area contributed by atoms with Gasteiger partial charge in [-0.2, -0.15) is 9.78 Å². The third kappa shape index (κ3) is 4.29. The van der Waals surface area contributed by atoms with Gasteiger partial charge in [0.2, 0.25) is 11.9 Å². The number of nitro benzene ring substituents is 1. The number of rotatable bonds is 6. The predicted octanol–water partition coefficient (Wildman–Crippen LogP) is 1.92. The van der Waals surface area contributed by atoms with E-state index in [2.05, 4.69) is 20.4 Å². The number of aromatic nitrogens is 4. The van der Waals surface area contributed by atoms with Crippen molar-refractivity contribution in [1.29, 1.82) is 0 Å². The minimum Gasteiger partial charge on any atom is -0.310 e. The number of aromatic amines is 1. The van der Waals surface area contributed by atoms with Gasteiger partial charge in [0, 0.05) is 30.0 Å². The molecule has 3 rings (SSSR count). The van der Waals surface area contributed by atoms with Crippen LogP contribution in [0.25, 0.3) is 5.95 Å². The number of nitrogens with one attached hydrogen (secondary N) is 2. The SMILES string of the molecule is CCc1cc(=O)[nH]c(-n2nc(C)cc2NC(=O)Cc2ccc([N+](=O)[O-])cc2)n1. The highest BCUT2D eigenvalue weighted by Crippen LogP contribution is 2.16. The average molecular weight is 382 g/mol. The molecule has 0 bridgehead atoms. The molecule has 2 aromatic heterocycles. The number of non-ortho nitro benzene ring substituents is 1. The molecule has 0 radical (unpaired) electrons. The van der Waals surface area contributed by atoms with Crippen molar-refractivity contribution in [2.45, 2.75) is 26.7 Å². The molecule has 28 heavy (non-hydrogen) atoms. The Morgan fingerprint density at radius 2 is 2.00 bits per heavy atom. The van der Waals surface area contributed by atoms with Crippen LogP contribution in [0.1, 0.15) is 23.9 Å². The molecule has 0 aliphatic heterocycles. The summed E-state index contributed by atoms with van der Waals surface area (Å²) < 4.78 is 1.36. The molecule has 0 unspecified atom stereocenters. The third-order valence-corrected chi connectivity index (χ3v) is 3.96. The first kappa shape index (κ1) is 19.0. The average Bonchev–Trinajstić information content (AvgIpc) is 3.01. The Morgan fingerprint density at radius 3 is 2.64 bits per heavy atom. The van der Waals surface area contributed by atoms with Crippen LogP contribution in [0.3, 0.4) is 0 Å². The van der Waals surface area contributed by atoms with Crippen molar-refractivity contribution < 1.29 is 9.72 Å². The smallest absolute Gasteiger partial charge is 0.269 e. The predicted molar refractivity (Wildman–Crippen MR) is 102 cm³/mol. The van der Waals surface area contributed by atoms with Crippen LogP contribution in [-0.2, 0) is 17.6 Å². The minimum atomic E-state index is -0.497. The van der Waals surface area contributed by atoms with Gasteiger partial charge in [0.1, 0.15) is 5.82 Å². The van der Waals surface area contributed by atoms with Crippen molar-refractivity contribution in [3.05, 3.63) is 73.8 Å². The van der Waals surface area contributed by atoms with E-state index in [0.29, 0.717) is 29.2 Å². The molecule has 0 saturated carbocycles. The molecule has 2 N–H and O–H groups in total. The summed E-state index contributed by atoms with van der Waals surface area (Å²) in [5, 5.41) is 17.7. The third-order valence-electron chi connectivity index (χ3n) is 3.96. The van der Waals surface area contributed by atoms with Gasteiger partial charge in [0.15, 0.2) is 0 Å². The summed E-state index contributed by atoms with van der Waals surface area (Å²) in [6, 6.07) is 8.83. The second-order valence-corrected chi connectivity index (χ2v) is 6.15. The van der Waals surface area contributed by atoms with Crippen LogP contribution in [0.5, 0.6) is 0 Å². The summed E-state index contributed by atoms with van der Waals surface area (Å²) in [4.78, 5) is 41.4. The van der Waals surface area contributed by atoms with E-state index < -0.39 is 4.92 Å². The Morgan fingerprint density at radius 1 is 1.29 bits per heavy atom. The summed E-state index contributed by atoms with van der Waals surface area (Å²) in [6.45, 7) is 3.64. The van der Waals surface area contributed by atoms with E-state index in [4.69, 9.17) is 0 Å². The Bertz CT molecular complexity index is 1080. The first-order valence-electron chi connectivity index (χ1n) is 8.56. The van der Waals surface area contributed by atoms with Gasteiger partial charge in [-0.1, -0.05) is 19.1 Å². The van der Waals surface area contributed by atoms with Gasteiger partial charge in [-0.3, -0.25) is 24.7 Å². The lowest BCUT2D eigenvalue weighted by Gasteiger charge is -2.09. The zero-order valence-electron chi connectivity index (χ0n) is 15.3. The van der Waals surface area contributed by atoms with E-state index in [-0.39, 0.29) is 29.5 Å². The van der Waals surface area contributed by atoms with Crippen LogP contribution in [0, 0.1) is 17.0 Å². The highest BCUT2D eigenvalue weighted by Gasteiger charge is 2.14. The fourth-order valence-corrected chi connectivity index (χ4v) is 2.63. The second-order valence-electron chi connectivity index (χ2n) is 6.15. The summed E-state index contributed by atoms with van der Waals surface area (Å²) in [6.07, 6.45) is 0.611. The van der Waals surface area contributed by atoms with Crippen LogP contribution >= 0.6 is 0 Å². The number of anilines is 1. The lowest BCUT2D eigenvalue weighted by atomic mass is 10.1. The van der Waals surface area contributed by atoms with Crippen molar-refractivity contribution in [3.63, 3.8) is 0 Å². The maximum atomic E-state index is 12.4. The van der Waals surface area contributed by atoms with Crippen molar-refractivity contribution in [2.24, 2.45) is 0 Å². The van der Waals surface area contributed by atoms with Crippen molar-refractivity contribution in [1.82, 2.24) is 19.7 Å². The molecule has 0 spiro atoms. The molecular weight excluding hydrogens is 364 g/mol. The van der Waals surface area contributed by atoms with Crippen LogP contribution in [0.15, 0.2) is 41.2 Å². The molecule has 0 saturated heterocycles. The van der Waals surface area contributed by atoms with Gasteiger partial charge >= 0.3 is 0 Å². The molecule has 0 fully saturated rings. The van der Waals surface area contributed by atoms with Crippen molar-refractivity contribution in [3.8, 4) is 5.95 Å². The topological polar surface area (TPSA) is 136 Å². The molecule has 1 aromatic carbocycles. The first-order chi connectivity index (χ1) is 13.4. The highest BCUT2D eigenvalue weighted by atomic mass is 16.6. The van der Waals surface area contributed by atoms with Crippen LogP contribution in [0.4, 0.5) is 11.5 Å². The van der Waals surface area contributed by atoms with Gasteiger partial charge < -0.3 is 5.32 Å². The molecule has 144 valence electrons.